The summed E-state index contributed by atoms with van der Waals surface area (Å²) in [6.45, 7) is 5.18. The van der Waals surface area contributed by atoms with Gasteiger partial charge in [-0.15, -0.1) is 0 Å². The first-order valence-electron chi connectivity index (χ1n) is 6.89. The summed E-state index contributed by atoms with van der Waals surface area (Å²) in [5, 5.41) is 3.27. The van der Waals surface area contributed by atoms with E-state index in [1.165, 1.54) is 11.1 Å². The summed E-state index contributed by atoms with van der Waals surface area (Å²) >= 11 is 0. The van der Waals surface area contributed by atoms with Crippen molar-refractivity contribution >= 4 is 16.7 Å². The fraction of sp³-hybridized carbons (Fsp3) is 0.533. The molecule has 20 heavy (non-hydrogen) atoms. The van der Waals surface area contributed by atoms with E-state index in [1.807, 2.05) is 4.90 Å². The van der Waals surface area contributed by atoms with Gasteiger partial charge in [0.25, 0.3) is 0 Å². The highest BCUT2D eigenvalue weighted by Gasteiger charge is 2.31. The highest BCUT2D eigenvalue weighted by atomic mass is 32.2. The molecule has 0 spiro atoms. The number of amides is 1. The maximum absolute atomic E-state index is 12.0. The molecule has 1 aliphatic rings. The molecule has 1 aromatic rings. The summed E-state index contributed by atoms with van der Waals surface area (Å²) in [4.78, 5) is 13.9. The van der Waals surface area contributed by atoms with Crippen LogP contribution in [0.3, 0.4) is 0 Å². The van der Waals surface area contributed by atoms with Gasteiger partial charge in [0.15, 0.2) is 0 Å². The van der Waals surface area contributed by atoms with E-state index in [-0.39, 0.29) is 12.1 Å². The molecule has 2 atom stereocenters. The molecule has 0 aliphatic carbocycles. The average molecular weight is 294 g/mol. The molecule has 0 aromatic heterocycles. The topological polar surface area (TPSA) is 49.4 Å². The fourth-order valence-electron chi connectivity index (χ4n) is 2.64. The highest BCUT2D eigenvalue weighted by Crippen LogP contribution is 2.26. The number of hydrogen-bond donors (Lipinski definition) is 1. The second kappa shape index (κ2) is 6.50. The van der Waals surface area contributed by atoms with E-state index < -0.39 is 10.8 Å². The minimum Gasteiger partial charge on any atom is -0.322 e. The van der Waals surface area contributed by atoms with Crippen LogP contribution in [0.4, 0.5) is 0 Å². The van der Waals surface area contributed by atoms with Crippen molar-refractivity contribution in [1.29, 1.82) is 0 Å². The molecule has 1 fully saturated rings. The molecular formula is C15H22N2O2S. The zero-order chi connectivity index (χ0) is 14.7. The van der Waals surface area contributed by atoms with E-state index in [4.69, 9.17) is 0 Å². The number of benzene rings is 1. The molecule has 0 radical (unpaired) electrons. The molecule has 110 valence electrons. The van der Waals surface area contributed by atoms with Gasteiger partial charge in [0.05, 0.1) is 6.54 Å². The van der Waals surface area contributed by atoms with Crippen LogP contribution in [0.25, 0.3) is 0 Å². The molecule has 1 amide bonds. The molecule has 1 saturated heterocycles. The van der Waals surface area contributed by atoms with Crippen LogP contribution >= 0.6 is 0 Å². The Hall–Kier alpha value is -1.20. The maximum atomic E-state index is 12.0. The van der Waals surface area contributed by atoms with Gasteiger partial charge in [0.1, 0.15) is 6.17 Å². The van der Waals surface area contributed by atoms with Crippen LogP contribution in [0.1, 0.15) is 29.3 Å². The van der Waals surface area contributed by atoms with E-state index >= 15 is 0 Å². The van der Waals surface area contributed by atoms with Gasteiger partial charge in [-0.2, -0.15) is 0 Å². The van der Waals surface area contributed by atoms with Crippen LogP contribution in [0.5, 0.6) is 0 Å². The molecule has 5 heteroatoms. The molecule has 1 heterocycles. The maximum Gasteiger partial charge on any atom is 0.238 e. The SMILES string of the molecule is Cc1ccc(C2NCC(=O)N2CCCS(C)=O)c(C)c1. The lowest BCUT2D eigenvalue weighted by Crippen LogP contribution is -2.32. The summed E-state index contributed by atoms with van der Waals surface area (Å²) < 4.78 is 11.1. The van der Waals surface area contributed by atoms with Crippen LogP contribution in [0.15, 0.2) is 18.2 Å². The van der Waals surface area contributed by atoms with E-state index in [0.717, 1.165) is 12.0 Å². The van der Waals surface area contributed by atoms with Gasteiger partial charge in [-0.1, -0.05) is 23.8 Å². The van der Waals surface area contributed by atoms with Crippen molar-refractivity contribution in [3.8, 4) is 0 Å². The zero-order valence-corrected chi connectivity index (χ0v) is 13.1. The zero-order valence-electron chi connectivity index (χ0n) is 12.3. The van der Waals surface area contributed by atoms with Gasteiger partial charge >= 0.3 is 0 Å². The first kappa shape index (κ1) is 15.2. The third-order valence-corrected chi connectivity index (χ3v) is 4.49. The lowest BCUT2D eigenvalue weighted by Gasteiger charge is -2.26. The molecule has 1 N–H and O–H groups in total. The Balaban J connectivity index is 2.12. The van der Waals surface area contributed by atoms with Crippen molar-refractivity contribution < 1.29 is 9.00 Å². The summed E-state index contributed by atoms with van der Waals surface area (Å²) in [6, 6.07) is 6.30. The smallest absolute Gasteiger partial charge is 0.238 e. The molecule has 2 rings (SSSR count). The van der Waals surface area contributed by atoms with Crippen LogP contribution < -0.4 is 5.32 Å². The quantitative estimate of drug-likeness (QED) is 0.895. The third kappa shape index (κ3) is 3.46. The Bertz CT molecular complexity index is 531. The lowest BCUT2D eigenvalue weighted by atomic mass is 10.0. The first-order valence-corrected chi connectivity index (χ1v) is 8.62. The number of rotatable bonds is 5. The minimum atomic E-state index is -0.798. The average Bonchev–Trinajstić information content (AvgIpc) is 2.71. The van der Waals surface area contributed by atoms with E-state index in [2.05, 4.69) is 37.4 Å². The summed E-state index contributed by atoms with van der Waals surface area (Å²) in [6.07, 6.45) is 2.43. The Morgan fingerprint density at radius 1 is 1.40 bits per heavy atom. The van der Waals surface area contributed by atoms with Gasteiger partial charge in [-0.05, 0) is 31.4 Å². The van der Waals surface area contributed by atoms with E-state index in [1.54, 1.807) is 6.26 Å². The number of nitrogens with zero attached hydrogens (tertiary/aromatic N) is 1. The van der Waals surface area contributed by atoms with Crippen molar-refractivity contribution in [1.82, 2.24) is 10.2 Å². The predicted molar refractivity (Wildman–Crippen MR) is 81.9 cm³/mol. The van der Waals surface area contributed by atoms with Gasteiger partial charge < -0.3 is 4.90 Å². The molecular weight excluding hydrogens is 272 g/mol. The Kier molecular flexibility index (Phi) is 4.94. The highest BCUT2D eigenvalue weighted by molar-refractivity contribution is 7.84. The Labute approximate surface area is 123 Å². The molecule has 1 aliphatic heterocycles. The van der Waals surface area contributed by atoms with Crippen LogP contribution in [-0.4, -0.2) is 40.1 Å². The summed E-state index contributed by atoms with van der Waals surface area (Å²) in [5.41, 5.74) is 3.57. The largest absolute Gasteiger partial charge is 0.322 e. The van der Waals surface area contributed by atoms with Crippen molar-refractivity contribution in [2.24, 2.45) is 0 Å². The predicted octanol–water partition coefficient (Wildman–Crippen LogP) is 1.50. The molecule has 0 saturated carbocycles. The summed E-state index contributed by atoms with van der Waals surface area (Å²) in [5.74, 6) is 0.764. The van der Waals surface area contributed by atoms with Gasteiger partial charge in [0.2, 0.25) is 5.91 Å². The van der Waals surface area contributed by atoms with Gasteiger partial charge in [-0.3, -0.25) is 14.3 Å². The van der Waals surface area contributed by atoms with Crippen LogP contribution in [0, 0.1) is 13.8 Å². The standard InChI is InChI=1S/C15H22N2O2S/c1-11-5-6-13(12(2)9-11)15-16-10-14(18)17(15)7-4-8-20(3)19/h5-6,9,15-16H,4,7-8,10H2,1-3H3. The fourth-order valence-corrected chi connectivity index (χ4v) is 3.18. The number of hydrogen-bond acceptors (Lipinski definition) is 3. The normalized spacial score (nSPS) is 20.4. The number of nitrogens with one attached hydrogen (secondary N) is 1. The second-order valence-electron chi connectivity index (χ2n) is 5.36. The second-order valence-corrected chi connectivity index (χ2v) is 6.92. The van der Waals surface area contributed by atoms with Crippen molar-refractivity contribution in [3.05, 3.63) is 34.9 Å². The Morgan fingerprint density at radius 2 is 2.15 bits per heavy atom. The van der Waals surface area contributed by atoms with Crippen molar-refractivity contribution in [3.63, 3.8) is 0 Å². The van der Waals surface area contributed by atoms with Crippen LogP contribution in [-0.2, 0) is 15.6 Å². The van der Waals surface area contributed by atoms with E-state index in [0.29, 0.717) is 18.8 Å². The Morgan fingerprint density at radius 3 is 2.80 bits per heavy atom. The third-order valence-electron chi connectivity index (χ3n) is 3.63. The van der Waals surface area contributed by atoms with Crippen molar-refractivity contribution in [2.75, 3.05) is 25.1 Å². The van der Waals surface area contributed by atoms with E-state index in [9.17, 15) is 9.00 Å². The molecule has 4 nitrogen and oxygen atoms in total. The first-order chi connectivity index (χ1) is 9.49. The monoisotopic (exact) mass is 294 g/mol. The minimum absolute atomic E-state index is 0.0478. The molecule has 0 bridgehead atoms. The molecule has 2 unspecified atom stereocenters. The van der Waals surface area contributed by atoms with Gasteiger partial charge in [-0.25, -0.2) is 0 Å². The molecule has 1 aromatic carbocycles. The number of carbonyl (C=O) groups excluding carboxylic acids is 1. The summed E-state index contributed by atoms with van der Waals surface area (Å²) in [7, 11) is -0.798. The lowest BCUT2D eigenvalue weighted by molar-refractivity contribution is -0.128. The van der Waals surface area contributed by atoms with Crippen LogP contribution in [0.2, 0.25) is 0 Å². The number of aryl methyl sites for hydroxylation is 2. The van der Waals surface area contributed by atoms with Gasteiger partial charge in [0, 0.05) is 29.4 Å². The number of carbonyl (C=O) groups is 1. The van der Waals surface area contributed by atoms with Crippen molar-refractivity contribution in [2.45, 2.75) is 26.4 Å².